The molecule has 0 saturated heterocycles. The Bertz CT molecular complexity index is 128. The van der Waals surface area contributed by atoms with Crippen molar-refractivity contribution < 1.29 is 5.11 Å². The molecule has 0 aromatic carbocycles. The van der Waals surface area contributed by atoms with Gasteiger partial charge in [0.15, 0.2) is 0 Å². The number of rotatable bonds is 8. The minimum atomic E-state index is 0.239. The van der Waals surface area contributed by atoms with E-state index in [2.05, 4.69) is 38.0 Å². The molecule has 0 rings (SSSR count). The SMILES string of the molecule is CCNC(CO)CCN(C)CC(C)C. The first-order chi connectivity index (χ1) is 6.60. The summed E-state index contributed by atoms with van der Waals surface area (Å²) in [5.74, 6) is 0.715. The average molecular weight is 202 g/mol. The molecule has 0 heterocycles. The fourth-order valence-corrected chi connectivity index (χ4v) is 1.64. The molecule has 0 aromatic heterocycles. The number of nitrogens with zero attached hydrogens (tertiary/aromatic N) is 1. The van der Waals surface area contributed by atoms with Gasteiger partial charge in [0.1, 0.15) is 0 Å². The summed E-state index contributed by atoms with van der Waals surface area (Å²) in [6.07, 6.45) is 1.02. The molecule has 1 unspecified atom stereocenters. The third-order valence-electron chi connectivity index (χ3n) is 2.25. The second-order valence-electron chi connectivity index (χ2n) is 4.38. The van der Waals surface area contributed by atoms with Crippen molar-refractivity contribution >= 4 is 0 Å². The summed E-state index contributed by atoms with van der Waals surface area (Å²) >= 11 is 0. The van der Waals surface area contributed by atoms with E-state index in [9.17, 15) is 0 Å². The lowest BCUT2D eigenvalue weighted by atomic mass is 10.2. The van der Waals surface area contributed by atoms with E-state index >= 15 is 0 Å². The fraction of sp³-hybridized carbons (Fsp3) is 1.00. The second kappa shape index (κ2) is 8.21. The molecule has 3 heteroatoms. The maximum absolute atomic E-state index is 9.07. The number of aliphatic hydroxyl groups excluding tert-OH is 1. The van der Waals surface area contributed by atoms with Gasteiger partial charge in [-0.2, -0.15) is 0 Å². The van der Waals surface area contributed by atoms with Gasteiger partial charge in [0, 0.05) is 12.6 Å². The molecule has 0 radical (unpaired) electrons. The van der Waals surface area contributed by atoms with E-state index in [4.69, 9.17) is 5.11 Å². The lowest BCUT2D eigenvalue weighted by Gasteiger charge is -2.22. The Labute approximate surface area is 88.5 Å². The summed E-state index contributed by atoms with van der Waals surface area (Å²) < 4.78 is 0. The van der Waals surface area contributed by atoms with Crippen molar-refractivity contribution in [3.63, 3.8) is 0 Å². The average Bonchev–Trinajstić information content (AvgIpc) is 2.11. The molecule has 0 aliphatic heterocycles. The normalized spacial score (nSPS) is 13.9. The van der Waals surface area contributed by atoms with Gasteiger partial charge in [-0.25, -0.2) is 0 Å². The molecular weight excluding hydrogens is 176 g/mol. The van der Waals surface area contributed by atoms with E-state index < -0.39 is 0 Å². The number of hydrogen-bond donors (Lipinski definition) is 2. The number of hydrogen-bond acceptors (Lipinski definition) is 3. The molecule has 14 heavy (non-hydrogen) atoms. The van der Waals surface area contributed by atoms with Crippen molar-refractivity contribution in [2.24, 2.45) is 5.92 Å². The van der Waals surface area contributed by atoms with Crippen molar-refractivity contribution in [1.82, 2.24) is 10.2 Å². The van der Waals surface area contributed by atoms with Crippen LogP contribution in [0.15, 0.2) is 0 Å². The van der Waals surface area contributed by atoms with Gasteiger partial charge < -0.3 is 15.3 Å². The molecular formula is C11H26N2O. The van der Waals surface area contributed by atoms with Crippen molar-refractivity contribution in [2.75, 3.05) is 33.3 Å². The van der Waals surface area contributed by atoms with Crippen LogP contribution in [0.25, 0.3) is 0 Å². The predicted molar refractivity (Wildman–Crippen MR) is 61.5 cm³/mol. The van der Waals surface area contributed by atoms with Gasteiger partial charge in [0.05, 0.1) is 6.61 Å². The van der Waals surface area contributed by atoms with E-state index in [0.29, 0.717) is 5.92 Å². The first-order valence-electron chi connectivity index (χ1n) is 5.62. The van der Waals surface area contributed by atoms with E-state index in [1.54, 1.807) is 0 Å². The van der Waals surface area contributed by atoms with Gasteiger partial charge in [-0.05, 0) is 32.5 Å². The van der Waals surface area contributed by atoms with Gasteiger partial charge in [0.25, 0.3) is 0 Å². The zero-order valence-corrected chi connectivity index (χ0v) is 10.1. The fourth-order valence-electron chi connectivity index (χ4n) is 1.64. The summed E-state index contributed by atoms with van der Waals surface area (Å²) in [5.41, 5.74) is 0. The molecule has 0 spiro atoms. The zero-order valence-electron chi connectivity index (χ0n) is 10.1. The third-order valence-corrected chi connectivity index (χ3v) is 2.25. The summed E-state index contributed by atoms with van der Waals surface area (Å²) in [4.78, 5) is 2.32. The molecule has 3 nitrogen and oxygen atoms in total. The zero-order chi connectivity index (χ0) is 11.0. The Morgan fingerprint density at radius 3 is 2.43 bits per heavy atom. The van der Waals surface area contributed by atoms with Crippen LogP contribution in [-0.4, -0.2) is 49.3 Å². The number of aliphatic hydroxyl groups is 1. The van der Waals surface area contributed by atoms with E-state index in [0.717, 1.165) is 26.1 Å². The standard InChI is InChI=1S/C11H26N2O/c1-5-12-11(9-14)6-7-13(4)8-10(2)3/h10-12,14H,5-9H2,1-4H3. The Morgan fingerprint density at radius 2 is 2.00 bits per heavy atom. The van der Waals surface area contributed by atoms with Gasteiger partial charge in [-0.3, -0.25) is 0 Å². The molecule has 2 N–H and O–H groups in total. The van der Waals surface area contributed by atoms with Crippen molar-refractivity contribution in [3.05, 3.63) is 0 Å². The molecule has 86 valence electrons. The third kappa shape index (κ3) is 7.30. The molecule has 0 bridgehead atoms. The lowest BCUT2D eigenvalue weighted by molar-refractivity contribution is 0.213. The smallest absolute Gasteiger partial charge is 0.0585 e. The van der Waals surface area contributed by atoms with Gasteiger partial charge >= 0.3 is 0 Å². The van der Waals surface area contributed by atoms with Crippen molar-refractivity contribution in [2.45, 2.75) is 33.2 Å². The molecule has 0 aromatic rings. The quantitative estimate of drug-likeness (QED) is 0.615. The molecule has 0 fully saturated rings. The number of nitrogens with one attached hydrogen (secondary N) is 1. The Balaban J connectivity index is 3.56. The predicted octanol–water partition coefficient (Wildman–Crippen LogP) is 0.935. The van der Waals surface area contributed by atoms with Crippen LogP contribution in [0.3, 0.4) is 0 Å². The van der Waals surface area contributed by atoms with Crippen LogP contribution in [-0.2, 0) is 0 Å². The first kappa shape index (κ1) is 13.9. The van der Waals surface area contributed by atoms with Gasteiger partial charge in [-0.1, -0.05) is 20.8 Å². The van der Waals surface area contributed by atoms with Crippen LogP contribution in [0, 0.1) is 5.92 Å². The van der Waals surface area contributed by atoms with E-state index in [-0.39, 0.29) is 12.6 Å². The van der Waals surface area contributed by atoms with Crippen LogP contribution >= 0.6 is 0 Å². The van der Waals surface area contributed by atoms with Crippen LogP contribution in [0.2, 0.25) is 0 Å². The van der Waals surface area contributed by atoms with E-state index in [1.807, 2.05) is 0 Å². The van der Waals surface area contributed by atoms with E-state index in [1.165, 1.54) is 0 Å². The first-order valence-corrected chi connectivity index (χ1v) is 5.62. The highest BCUT2D eigenvalue weighted by molar-refractivity contribution is 4.66. The largest absolute Gasteiger partial charge is 0.395 e. The van der Waals surface area contributed by atoms with Crippen LogP contribution < -0.4 is 5.32 Å². The Morgan fingerprint density at radius 1 is 1.36 bits per heavy atom. The molecule has 0 saturated carbocycles. The monoisotopic (exact) mass is 202 g/mol. The molecule has 0 aliphatic rings. The summed E-state index contributed by atoms with van der Waals surface area (Å²) in [7, 11) is 2.14. The highest BCUT2D eigenvalue weighted by atomic mass is 16.3. The highest BCUT2D eigenvalue weighted by Crippen LogP contribution is 1.99. The molecule has 0 amide bonds. The maximum Gasteiger partial charge on any atom is 0.0585 e. The van der Waals surface area contributed by atoms with Gasteiger partial charge in [-0.15, -0.1) is 0 Å². The topological polar surface area (TPSA) is 35.5 Å². The van der Waals surface area contributed by atoms with Crippen LogP contribution in [0.5, 0.6) is 0 Å². The summed E-state index contributed by atoms with van der Waals surface area (Å²) in [5, 5.41) is 12.3. The second-order valence-corrected chi connectivity index (χ2v) is 4.38. The molecule has 1 atom stereocenters. The van der Waals surface area contributed by atoms with Crippen LogP contribution in [0.4, 0.5) is 0 Å². The maximum atomic E-state index is 9.07. The minimum absolute atomic E-state index is 0.239. The number of likely N-dealkylation sites (N-methyl/N-ethyl adjacent to an activating group) is 1. The summed E-state index contributed by atoms with van der Waals surface area (Å²) in [6, 6.07) is 0.259. The minimum Gasteiger partial charge on any atom is -0.395 e. The van der Waals surface area contributed by atoms with Crippen LogP contribution in [0.1, 0.15) is 27.2 Å². The Kier molecular flexibility index (Phi) is 8.14. The summed E-state index contributed by atoms with van der Waals surface area (Å²) in [6.45, 7) is 9.87. The van der Waals surface area contributed by atoms with Crippen molar-refractivity contribution in [1.29, 1.82) is 0 Å². The lowest BCUT2D eigenvalue weighted by Crippen LogP contribution is -2.36. The van der Waals surface area contributed by atoms with Crippen molar-refractivity contribution in [3.8, 4) is 0 Å². The Hall–Kier alpha value is -0.120. The molecule has 0 aliphatic carbocycles. The van der Waals surface area contributed by atoms with Gasteiger partial charge in [0.2, 0.25) is 0 Å². The highest BCUT2D eigenvalue weighted by Gasteiger charge is 2.07.